The molecule has 1 amide bonds. The maximum absolute atomic E-state index is 11.9. The highest BCUT2D eigenvalue weighted by molar-refractivity contribution is 5.85. The van der Waals surface area contributed by atoms with Crippen molar-refractivity contribution in [3.8, 4) is 0 Å². The topological polar surface area (TPSA) is 86.6 Å². The van der Waals surface area contributed by atoms with E-state index in [1.54, 1.807) is 0 Å². The molecule has 1 aliphatic rings. The first-order valence-electron chi connectivity index (χ1n) is 6.71. The van der Waals surface area contributed by atoms with Crippen LogP contribution in [0, 0.1) is 17.8 Å². The SMILES string of the molecule is CCC1CC(C(=O)O)C(C(=O)NCCCCO)C1. The molecule has 0 bridgehead atoms. The van der Waals surface area contributed by atoms with Crippen LogP contribution in [0.2, 0.25) is 0 Å². The Hall–Kier alpha value is -1.10. The first-order chi connectivity index (χ1) is 8.60. The third-order valence-corrected chi connectivity index (χ3v) is 3.78. The Morgan fingerprint density at radius 3 is 2.44 bits per heavy atom. The normalized spacial score (nSPS) is 27.1. The van der Waals surface area contributed by atoms with Crippen molar-refractivity contribution < 1.29 is 19.8 Å². The maximum Gasteiger partial charge on any atom is 0.307 e. The van der Waals surface area contributed by atoms with Crippen LogP contribution in [0.1, 0.15) is 39.0 Å². The summed E-state index contributed by atoms with van der Waals surface area (Å²) in [6.45, 7) is 2.67. The number of carbonyl (C=O) groups excluding carboxylic acids is 1. The average Bonchev–Trinajstić information content (AvgIpc) is 2.78. The third kappa shape index (κ3) is 3.98. The molecular weight excluding hydrogens is 234 g/mol. The molecule has 0 heterocycles. The number of aliphatic hydroxyl groups is 1. The van der Waals surface area contributed by atoms with Crippen molar-refractivity contribution in [2.45, 2.75) is 39.0 Å². The van der Waals surface area contributed by atoms with Gasteiger partial charge in [-0.05, 0) is 31.6 Å². The van der Waals surface area contributed by atoms with Crippen LogP contribution in [0.25, 0.3) is 0 Å². The highest BCUT2D eigenvalue weighted by Crippen LogP contribution is 2.38. The summed E-state index contributed by atoms with van der Waals surface area (Å²) in [7, 11) is 0. The highest BCUT2D eigenvalue weighted by atomic mass is 16.4. The quantitative estimate of drug-likeness (QED) is 0.594. The molecule has 18 heavy (non-hydrogen) atoms. The number of aliphatic carboxylic acids is 1. The van der Waals surface area contributed by atoms with E-state index in [1.807, 2.05) is 6.92 Å². The molecule has 1 fully saturated rings. The molecule has 3 atom stereocenters. The van der Waals surface area contributed by atoms with E-state index in [0.717, 1.165) is 12.8 Å². The molecule has 5 heteroatoms. The minimum absolute atomic E-state index is 0.120. The predicted molar refractivity (Wildman–Crippen MR) is 67.0 cm³/mol. The second-order valence-corrected chi connectivity index (χ2v) is 5.02. The first-order valence-corrected chi connectivity index (χ1v) is 6.71. The lowest BCUT2D eigenvalue weighted by Gasteiger charge is -2.15. The van der Waals surface area contributed by atoms with E-state index in [2.05, 4.69) is 5.32 Å². The van der Waals surface area contributed by atoms with E-state index in [0.29, 0.717) is 31.7 Å². The number of unbranched alkanes of at least 4 members (excludes halogenated alkanes) is 1. The molecule has 0 aromatic carbocycles. The summed E-state index contributed by atoms with van der Waals surface area (Å²) in [6.07, 6.45) is 3.60. The minimum atomic E-state index is -0.860. The zero-order chi connectivity index (χ0) is 13.5. The fourth-order valence-corrected chi connectivity index (χ4v) is 2.62. The van der Waals surface area contributed by atoms with Crippen molar-refractivity contribution in [3.63, 3.8) is 0 Å². The molecular formula is C13H23NO4. The number of nitrogens with one attached hydrogen (secondary N) is 1. The lowest BCUT2D eigenvalue weighted by Crippen LogP contribution is -2.35. The molecule has 104 valence electrons. The van der Waals surface area contributed by atoms with Gasteiger partial charge in [-0.1, -0.05) is 13.3 Å². The Bertz CT molecular complexity index is 293. The first kappa shape index (κ1) is 15.0. The molecule has 5 nitrogen and oxygen atoms in total. The van der Waals surface area contributed by atoms with Crippen LogP contribution in [0.4, 0.5) is 0 Å². The van der Waals surface area contributed by atoms with E-state index >= 15 is 0 Å². The van der Waals surface area contributed by atoms with Crippen LogP contribution in [0.5, 0.6) is 0 Å². The number of hydrogen-bond donors (Lipinski definition) is 3. The van der Waals surface area contributed by atoms with Crippen molar-refractivity contribution in [2.75, 3.05) is 13.2 Å². The summed E-state index contributed by atoms with van der Waals surface area (Å²) in [5, 5.41) is 20.6. The van der Waals surface area contributed by atoms with Gasteiger partial charge in [-0.25, -0.2) is 0 Å². The Kier molecular flexibility index (Phi) is 6.12. The summed E-state index contributed by atoms with van der Waals surface area (Å²) in [4.78, 5) is 23.1. The van der Waals surface area contributed by atoms with Crippen LogP contribution in [-0.4, -0.2) is 35.2 Å². The Morgan fingerprint density at radius 1 is 1.22 bits per heavy atom. The molecule has 3 N–H and O–H groups in total. The molecule has 1 saturated carbocycles. The lowest BCUT2D eigenvalue weighted by atomic mass is 9.95. The van der Waals surface area contributed by atoms with Gasteiger partial charge >= 0.3 is 5.97 Å². The van der Waals surface area contributed by atoms with E-state index in [-0.39, 0.29) is 18.4 Å². The summed E-state index contributed by atoms with van der Waals surface area (Å²) in [6, 6.07) is 0. The van der Waals surface area contributed by atoms with E-state index in [1.165, 1.54) is 0 Å². The van der Waals surface area contributed by atoms with Crippen molar-refractivity contribution in [1.29, 1.82) is 0 Å². The van der Waals surface area contributed by atoms with E-state index in [9.17, 15) is 9.59 Å². The van der Waals surface area contributed by atoms with Crippen LogP contribution >= 0.6 is 0 Å². The Morgan fingerprint density at radius 2 is 1.89 bits per heavy atom. The summed E-state index contributed by atoms with van der Waals surface area (Å²) in [5.74, 6) is -1.58. The van der Waals surface area contributed by atoms with Crippen LogP contribution in [0.3, 0.4) is 0 Å². The van der Waals surface area contributed by atoms with Gasteiger partial charge in [-0.15, -0.1) is 0 Å². The second-order valence-electron chi connectivity index (χ2n) is 5.02. The number of amides is 1. The zero-order valence-corrected chi connectivity index (χ0v) is 10.9. The molecule has 0 saturated heterocycles. The fraction of sp³-hybridized carbons (Fsp3) is 0.846. The standard InChI is InChI=1S/C13H23NO4/c1-2-9-7-10(11(8-9)13(17)18)12(16)14-5-3-4-6-15/h9-11,15H,2-8H2,1H3,(H,14,16)(H,17,18). The van der Waals surface area contributed by atoms with Gasteiger partial charge in [0.05, 0.1) is 11.8 Å². The largest absolute Gasteiger partial charge is 0.481 e. The van der Waals surface area contributed by atoms with Crippen molar-refractivity contribution >= 4 is 11.9 Å². The number of carboxylic acid groups (broad SMARTS) is 1. The van der Waals surface area contributed by atoms with Gasteiger partial charge in [-0.3, -0.25) is 9.59 Å². The van der Waals surface area contributed by atoms with Gasteiger partial charge in [0.1, 0.15) is 0 Å². The smallest absolute Gasteiger partial charge is 0.307 e. The van der Waals surface area contributed by atoms with Gasteiger partial charge in [0.15, 0.2) is 0 Å². The molecule has 1 rings (SSSR count). The van der Waals surface area contributed by atoms with Gasteiger partial charge in [0, 0.05) is 13.2 Å². The second kappa shape index (κ2) is 7.36. The number of hydrogen-bond acceptors (Lipinski definition) is 3. The lowest BCUT2D eigenvalue weighted by molar-refractivity contribution is -0.146. The number of carbonyl (C=O) groups is 2. The molecule has 1 aliphatic carbocycles. The summed E-state index contributed by atoms with van der Waals surface area (Å²) >= 11 is 0. The van der Waals surface area contributed by atoms with Crippen molar-refractivity contribution in [3.05, 3.63) is 0 Å². The van der Waals surface area contributed by atoms with E-state index in [4.69, 9.17) is 10.2 Å². The monoisotopic (exact) mass is 257 g/mol. The average molecular weight is 257 g/mol. The molecule has 0 spiro atoms. The van der Waals surface area contributed by atoms with E-state index < -0.39 is 11.9 Å². The summed E-state index contributed by atoms with van der Waals surface area (Å²) in [5.41, 5.74) is 0. The number of carboxylic acids is 1. The van der Waals surface area contributed by atoms with Crippen molar-refractivity contribution in [2.24, 2.45) is 17.8 Å². The van der Waals surface area contributed by atoms with Crippen LogP contribution in [0.15, 0.2) is 0 Å². The van der Waals surface area contributed by atoms with Crippen molar-refractivity contribution in [1.82, 2.24) is 5.32 Å². The van der Waals surface area contributed by atoms with Gasteiger partial charge < -0.3 is 15.5 Å². The van der Waals surface area contributed by atoms with Crippen LogP contribution in [-0.2, 0) is 9.59 Å². The maximum atomic E-state index is 11.9. The third-order valence-electron chi connectivity index (χ3n) is 3.78. The summed E-state index contributed by atoms with van der Waals surface area (Å²) < 4.78 is 0. The number of aliphatic hydroxyl groups excluding tert-OH is 1. The molecule has 3 unspecified atom stereocenters. The molecule has 0 aromatic heterocycles. The predicted octanol–water partition coefficient (Wildman–Crippen LogP) is 1.01. The molecule has 0 radical (unpaired) electrons. The van der Waals surface area contributed by atoms with Crippen LogP contribution < -0.4 is 5.32 Å². The zero-order valence-electron chi connectivity index (χ0n) is 10.9. The van der Waals surface area contributed by atoms with Gasteiger partial charge in [0.25, 0.3) is 0 Å². The Balaban J connectivity index is 2.46. The minimum Gasteiger partial charge on any atom is -0.481 e. The highest BCUT2D eigenvalue weighted by Gasteiger charge is 2.41. The van der Waals surface area contributed by atoms with Gasteiger partial charge in [-0.2, -0.15) is 0 Å². The molecule has 0 aromatic rings. The van der Waals surface area contributed by atoms with Gasteiger partial charge in [0.2, 0.25) is 5.91 Å². The fourth-order valence-electron chi connectivity index (χ4n) is 2.62. The Labute approximate surface area is 108 Å². The molecule has 0 aliphatic heterocycles. The number of rotatable bonds is 7.